The maximum atomic E-state index is 5.91. The van der Waals surface area contributed by atoms with Crippen LogP contribution < -0.4 is 5.73 Å². The Labute approximate surface area is 73.4 Å². The SMILES string of the molecule is CC(C)C[C@H](N)Cc1ncc[nH]1. The molecular weight excluding hydrogens is 150 g/mol. The van der Waals surface area contributed by atoms with Gasteiger partial charge in [0.1, 0.15) is 5.82 Å². The molecule has 0 aliphatic carbocycles. The van der Waals surface area contributed by atoms with Crippen LogP contribution in [0, 0.1) is 5.92 Å². The molecule has 3 nitrogen and oxygen atoms in total. The van der Waals surface area contributed by atoms with Crippen LogP contribution in [0.3, 0.4) is 0 Å². The Morgan fingerprint density at radius 1 is 1.58 bits per heavy atom. The predicted molar refractivity (Wildman–Crippen MR) is 49.7 cm³/mol. The Balaban J connectivity index is 2.32. The lowest BCUT2D eigenvalue weighted by atomic mass is 10.0. The molecular formula is C9H17N3. The maximum Gasteiger partial charge on any atom is 0.107 e. The second kappa shape index (κ2) is 4.26. The molecule has 68 valence electrons. The van der Waals surface area contributed by atoms with Gasteiger partial charge in [-0.15, -0.1) is 0 Å². The zero-order valence-corrected chi connectivity index (χ0v) is 7.75. The van der Waals surface area contributed by atoms with Gasteiger partial charge in [-0.3, -0.25) is 0 Å². The van der Waals surface area contributed by atoms with Crippen molar-refractivity contribution in [2.75, 3.05) is 0 Å². The topological polar surface area (TPSA) is 54.7 Å². The van der Waals surface area contributed by atoms with E-state index in [0.29, 0.717) is 5.92 Å². The fourth-order valence-electron chi connectivity index (χ4n) is 1.35. The smallest absolute Gasteiger partial charge is 0.107 e. The van der Waals surface area contributed by atoms with Gasteiger partial charge >= 0.3 is 0 Å². The van der Waals surface area contributed by atoms with Gasteiger partial charge in [0.2, 0.25) is 0 Å². The first-order chi connectivity index (χ1) is 5.68. The minimum absolute atomic E-state index is 0.233. The second-order valence-corrected chi connectivity index (χ2v) is 3.63. The van der Waals surface area contributed by atoms with E-state index in [2.05, 4.69) is 23.8 Å². The third kappa shape index (κ3) is 3.05. The molecule has 0 fully saturated rings. The van der Waals surface area contributed by atoms with Crippen LogP contribution in [0.5, 0.6) is 0 Å². The lowest BCUT2D eigenvalue weighted by molar-refractivity contribution is 0.488. The normalized spacial score (nSPS) is 13.7. The molecule has 1 rings (SSSR count). The van der Waals surface area contributed by atoms with Crippen LogP contribution in [0.2, 0.25) is 0 Å². The number of imidazole rings is 1. The van der Waals surface area contributed by atoms with E-state index in [1.807, 2.05) is 6.20 Å². The van der Waals surface area contributed by atoms with Crippen molar-refractivity contribution in [3.05, 3.63) is 18.2 Å². The number of H-pyrrole nitrogens is 1. The van der Waals surface area contributed by atoms with Crippen molar-refractivity contribution in [3.8, 4) is 0 Å². The minimum Gasteiger partial charge on any atom is -0.349 e. The van der Waals surface area contributed by atoms with Crippen molar-refractivity contribution in [2.45, 2.75) is 32.7 Å². The van der Waals surface area contributed by atoms with Gasteiger partial charge < -0.3 is 10.7 Å². The van der Waals surface area contributed by atoms with E-state index in [9.17, 15) is 0 Å². The van der Waals surface area contributed by atoms with Gasteiger partial charge in [-0.2, -0.15) is 0 Å². The summed E-state index contributed by atoms with van der Waals surface area (Å²) >= 11 is 0. The van der Waals surface area contributed by atoms with Crippen molar-refractivity contribution < 1.29 is 0 Å². The Morgan fingerprint density at radius 3 is 2.83 bits per heavy atom. The summed E-state index contributed by atoms with van der Waals surface area (Å²) in [7, 11) is 0. The van der Waals surface area contributed by atoms with Crippen molar-refractivity contribution in [2.24, 2.45) is 11.7 Å². The van der Waals surface area contributed by atoms with Crippen LogP contribution in [-0.2, 0) is 6.42 Å². The third-order valence-corrected chi connectivity index (χ3v) is 1.78. The van der Waals surface area contributed by atoms with Gasteiger partial charge in [-0.05, 0) is 12.3 Å². The van der Waals surface area contributed by atoms with E-state index in [0.717, 1.165) is 18.7 Å². The molecule has 0 aliphatic rings. The maximum absolute atomic E-state index is 5.91. The van der Waals surface area contributed by atoms with Gasteiger partial charge in [0.25, 0.3) is 0 Å². The second-order valence-electron chi connectivity index (χ2n) is 3.63. The highest BCUT2D eigenvalue weighted by Gasteiger charge is 2.07. The first kappa shape index (κ1) is 9.26. The van der Waals surface area contributed by atoms with Crippen LogP contribution in [-0.4, -0.2) is 16.0 Å². The van der Waals surface area contributed by atoms with Crippen LogP contribution in [0.1, 0.15) is 26.1 Å². The van der Waals surface area contributed by atoms with Gasteiger partial charge in [0.15, 0.2) is 0 Å². The number of aromatic amines is 1. The zero-order valence-electron chi connectivity index (χ0n) is 7.75. The summed E-state index contributed by atoms with van der Waals surface area (Å²) < 4.78 is 0. The summed E-state index contributed by atoms with van der Waals surface area (Å²) in [6.45, 7) is 4.37. The van der Waals surface area contributed by atoms with E-state index in [-0.39, 0.29) is 6.04 Å². The number of hydrogen-bond donors (Lipinski definition) is 2. The number of aromatic nitrogens is 2. The van der Waals surface area contributed by atoms with Crippen LogP contribution in [0.15, 0.2) is 12.4 Å². The summed E-state index contributed by atoms with van der Waals surface area (Å²) in [5, 5.41) is 0. The number of rotatable bonds is 4. The molecule has 0 radical (unpaired) electrons. The number of nitrogens with zero attached hydrogens (tertiary/aromatic N) is 1. The molecule has 0 saturated heterocycles. The Morgan fingerprint density at radius 2 is 2.33 bits per heavy atom. The fourth-order valence-corrected chi connectivity index (χ4v) is 1.35. The third-order valence-electron chi connectivity index (χ3n) is 1.78. The van der Waals surface area contributed by atoms with Crippen LogP contribution in [0.25, 0.3) is 0 Å². The quantitative estimate of drug-likeness (QED) is 0.710. The number of hydrogen-bond acceptors (Lipinski definition) is 2. The lowest BCUT2D eigenvalue weighted by Crippen LogP contribution is -2.25. The average molecular weight is 167 g/mol. The molecule has 12 heavy (non-hydrogen) atoms. The highest BCUT2D eigenvalue weighted by molar-refractivity contribution is 4.90. The minimum atomic E-state index is 0.233. The molecule has 1 heterocycles. The predicted octanol–water partition coefficient (Wildman–Crippen LogP) is 1.33. The summed E-state index contributed by atoms with van der Waals surface area (Å²) in [5.74, 6) is 1.65. The molecule has 0 saturated carbocycles. The van der Waals surface area contributed by atoms with Crippen molar-refractivity contribution >= 4 is 0 Å². The van der Waals surface area contributed by atoms with Crippen molar-refractivity contribution in [1.29, 1.82) is 0 Å². The molecule has 1 aromatic rings. The van der Waals surface area contributed by atoms with Gasteiger partial charge in [-0.1, -0.05) is 13.8 Å². The Hall–Kier alpha value is -0.830. The molecule has 0 unspecified atom stereocenters. The molecule has 3 N–H and O–H groups in total. The highest BCUT2D eigenvalue weighted by atomic mass is 14.9. The molecule has 1 aromatic heterocycles. The van der Waals surface area contributed by atoms with Crippen molar-refractivity contribution in [1.82, 2.24) is 9.97 Å². The van der Waals surface area contributed by atoms with E-state index >= 15 is 0 Å². The molecule has 0 bridgehead atoms. The summed E-state index contributed by atoms with van der Waals surface area (Å²) in [4.78, 5) is 7.18. The zero-order chi connectivity index (χ0) is 8.97. The highest BCUT2D eigenvalue weighted by Crippen LogP contribution is 2.05. The first-order valence-corrected chi connectivity index (χ1v) is 4.42. The number of nitrogens with two attached hydrogens (primary N) is 1. The monoisotopic (exact) mass is 167 g/mol. The van der Waals surface area contributed by atoms with Gasteiger partial charge in [0, 0.05) is 24.9 Å². The molecule has 0 amide bonds. The molecule has 0 spiro atoms. The van der Waals surface area contributed by atoms with Crippen LogP contribution >= 0.6 is 0 Å². The number of nitrogens with one attached hydrogen (secondary N) is 1. The van der Waals surface area contributed by atoms with E-state index < -0.39 is 0 Å². The van der Waals surface area contributed by atoms with Crippen LogP contribution in [0.4, 0.5) is 0 Å². The lowest BCUT2D eigenvalue weighted by Gasteiger charge is -2.11. The van der Waals surface area contributed by atoms with E-state index in [4.69, 9.17) is 5.73 Å². The van der Waals surface area contributed by atoms with E-state index in [1.165, 1.54) is 0 Å². The molecule has 0 aromatic carbocycles. The molecule has 1 atom stereocenters. The van der Waals surface area contributed by atoms with Gasteiger partial charge in [-0.25, -0.2) is 4.98 Å². The first-order valence-electron chi connectivity index (χ1n) is 4.42. The van der Waals surface area contributed by atoms with Crippen molar-refractivity contribution in [3.63, 3.8) is 0 Å². The summed E-state index contributed by atoms with van der Waals surface area (Å²) in [6, 6.07) is 0.233. The van der Waals surface area contributed by atoms with E-state index in [1.54, 1.807) is 6.20 Å². The fraction of sp³-hybridized carbons (Fsp3) is 0.667. The average Bonchev–Trinajstić information content (AvgIpc) is 2.37. The summed E-state index contributed by atoms with van der Waals surface area (Å²) in [6.07, 6.45) is 5.50. The Bertz CT molecular complexity index is 204. The molecule has 0 aliphatic heterocycles. The molecule has 3 heteroatoms. The van der Waals surface area contributed by atoms with Gasteiger partial charge in [0.05, 0.1) is 0 Å². The Kier molecular flexibility index (Phi) is 3.29. The standard InChI is InChI=1S/C9H17N3/c1-7(2)5-8(10)6-9-11-3-4-12-9/h3-4,7-8H,5-6,10H2,1-2H3,(H,11,12)/t8-/m0/s1. The summed E-state index contributed by atoms with van der Waals surface area (Å²) in [5.41, 5.74) is 5.91. The largest absolute Gasteiger partial charge is 0.349 e.